The number of alkyl halides is 2. The van der Waals surface area contributed by atoms with Crippen molar-refractivity contribution in [3.8, 4) is 17.1 Å². The van der Waals surface area contributed by atoms with Crippen LogP contribution in [-0.4, -0.2) is 21.6 Å². The molecule has 120 valence electrons. The highest BCUT2D eigenvalue weighted by Crippen LogP contribution is 2.34. The van der Waals surface area contributed by atoms with Gasteiger partial charge in [0.2, 0.25) is 0 Å². The topological polar surface area (TPSA) is 81.0 Å². The predicted molar refractivity (Wildman–Crippen MR) is 74.5 cm³/mol. The van der Waals surface area contributed by atoms with E-state index in [2.05, 4.69) is 19.7 Å². The largest absolute Gasteiger partial charge is 0.417 e. The third-order valence-electron chi connectivity index (χ3n) is 2.77. The van der Waals surface area contributed by atoms with E-state index in [0.29, 0.717) is 0 Å². The molecule has 0 atom stereocenters. The van der Waals surface area contributed by atoms with Crippen LogP contribution < -0.4 is 10.5 Å². The van der Waals surface area contributed by atoms with Crippen LogP contribution in [-0.2, 0) is 0 Å². The zero-order valence-corrected chi connectivity index (χ0v) is 12.3. The van der Waals surface area contributed by atoms with Crippen LogP contribution in [0, 0.1) is 5.82 Å². The molecule has 11 heteroatoms. The second-order valence-corrected chi connectivity index (χ2v) is 4.90. The van der Waals surface area contributed by atoms with Gasteiger partial charge in [-0.15, -0.1) is 0 Å². The first-order valence-corrected chi connectivity index (χ1v) is 6.61. The zero-order valence-electron chi connectivity index (χ0n) is 10.7. The molecule has 0 amide bonds. The molecule has 23 heavy (non-hydrogen) atoms. The lowest BCUT2D eigenvalue weighted by molar-refractivity contribution is -0.0530. The number of ether oxygens (including phenoxy) is 1. The van der Waals surface area contributed by atoms with Gasteiger partial charge in [-0.1, -0.05) is 23.2 Å². The number of aromatic amines is 1. The molecule has 0 fully saturated rings. The summed E-state index contributed by atoms with van der Waals surface area (Å²) in [6.45, 7) is -3.13. The molecule has 3 rings (SSSR count). The first kappa shape index (κ1) is 15.6. The highest BCUT2D eigenvalue weighted by atomic mass is 35.5. The van der Waals surface area contributed by atoms with Crippen LogP contribution in [0.4, 0.5) is 13.2 Å². The number of fused-ring (bicyclic) bond motifs is 1. The second kappa shape index (κ2) is 5.74. The Hall–Kier alpha value is -2.26. The maximum absolute atomic E-state index is 13.9. The number of hydrogen-bond donors (Lipinski definition) is 1. The molecule has 0 aliphatic rings. The summed E-state index contributed by atoms with van der Waals surface area (Å²) >= 11 is 11.4. The Balaban J connectivity index is 2.19. The lowest BCUT2D eigenvalue weighted by atomic mass is 10.1. The van der Waals surface area contributed by atoms with Crippen molar-refractivity contribution in [2.24, 2.45) is 0 Å². The maximum Gasteiger partial charge on any atom is 0.417 e. The summed E-state index contributed by atoms with van der Waals surface area (Å²) in [5.41, 5.74) is -0.162. The number of nitrogens with zero attached hydrogens (tertiary/aromatic N) is 2. The van der Waals surface area contributed by atoms with Crippen molar-refractivity contribution in [1.29, 1.82) is 0 Å². The molecule has 2 heterocycles. The normalized spacial score (nSPS) is 11.4. The van der Waals surface area contributed by atoms with Crippen LogP contribution >= 0.6 is 23.2 Å². The molecular weight excluding hydrogens is 362 g/mol. The Morgan fingerprint density at radius 1 is 1.35 bits per heavy atom. The molecule has 0 radical (unpaired) electrons. The summed E-state index contributed by atoms with van der Waals surface area (Å²) in [4.78, 5) is 20.9. The molecule has 2 aromatic heterocycles. The smallest absolute Gasteiger partial charge is 0.414 e. The Morgan fingerprint density at radius 3 is 2.74 bits per heavy atom. The fraction of sp³-hybridized carbons (Fsp3) is 0.0833. The van der Waals surface area contributed by atoms with Gasteiger partial charge >= 0.3 is 12.4 Å². The zero-order chi connectivity index (χ0) is 16.7. The molecule has 0 aliphatic heterocycles. The number of oxazole rings is 1. The molecule has 0 bridgehead atoms. The van der Waals surface area contributed by atoms with Crippen LogP contribution in [0.5, 0.6) is 5.88 Å². The molecule has 0 saturated carbocycles. The van der Waals surface area contributed by atoms with Crippen LogP contribution in [0.2, 0.25) is 10.2 Å². The van der Waals surface area contributed by atoms with Gasteiger partial charge in [-0.05, 0) is 6.07 Å². The van der Waals surface area contributed by atoms with Crippen molar-refractivity contribution in [3.63, 3.8) is 0 Å². The van der Waals surface area contributed by atoms with E-state index in [4.69, 9.17) is 27.6 Å². The van der Waals surface area contributed by atoms with Crippen LogP contribution in [0.25, 0.3) is 22.4 Å². The Bertz CT molecular complexity index is 958. The molecule has 0 spiro atoms. The van der Waals surface area contributed by atoms with Gasteiger partial charge in [-0.3, -0.25) is 4.98 Å². The van der Waals surface area contributed by atoms with Crippen LogP contribution in [0.1, 0.15) is 0 Å². The standard InChI is InChI=1S/C12H4Cl2F3N3O3/c13-6-4(15)1-3(8-7(6)20-12(21)22-8)5-2-18-10(9(14)19-5)23-11(16)17/h1-2,11H,(H,20,21). The van der Waals surface area contributed by atoms with E-state index in [1.54, 1.807) is 0 Å². The minimum Gasteiger partial charge on any atom is -0.414 e. The van der Waals surface area contributed by atoms with Gasteiger partial charge < -0.3 is 9.15 Å². The molecule has 1 N–H and O–H groups in total. The average molecular weight is 366 g/mol. The van der Waals surface area contributed by atoms with E-state index in [0.717, 1.165) is 12.3 Å². The fourth-order valence-electron chi connectivity index (χ4n) is 1.89. The van der Waals surface area contributed by atoms with Gasteiger partial charge in [0.25, 0.3) is 5.88 Å². The minimum absolute atomic E-state index is 0.0123. The van der Waals surface area contributed by atoms with Crippen LogP contribution in [0.3, 0.4) is 0 Å². The van der Waals surface area contributed by atoms with Gasteiger partial charge in [-0.2, -0.15) is 8.78 Å². The molecule has 0 aliphatic carbocycles. The predicted octanol–water partition coefficient (Wildman–Crippen LogP) is 3.63. The van der Waals surface area contributed by atoms with Crippen molar-refractivity contribution in [3.05, 3.63) is 38.8 Å². The van der Waals surface area contributed by atoms with E-state index in [-0.39, 0.29) is 27.4 Å². The number of H-pyrrole nitrogens is 1. The Labute approximate surface area is 134 Å². The molecule has 1 aromatic carbocycles. The summed E-state index contributed by atoms with van der Waals surface area (Å²) in [6.07, 6.45) is 1.01. The lowest BCUT2D eigenvalue weighted by Crippen LogP contribution is -2.05. The first-order valence-electron chi connectivity index (χ1n) is 5.85. The number of halogens is 5. The molecule has 0 unspecified atom stereocenters. The molecule has 6 nitrogen and oxygen atoms in total. The van der Waals surface area contributed by atoms with Gasteiger partial charge in [0, 0.05) is 5.56 Å². The monoisotopic (exact) mass is 365 g/mol. The van der Waals surface area contributed by atoms with Crippen molar-refractivity contribution in [2.45, 2.75) is 6.61 Å². The van der Waals surface area contributed by atoms with Crippen LogP contribution in [0.15, 0.2) is 21.5 Å². The summed E-state index contributed by atoms with van der Waals surface area (Å²) in [5.74, 6) is -2.30. The molecular formula is C12H4Cl2F3N3O3. The summed E-state index contributed by atoms with van der Waals surface area (Å²) in [5, 5.41) is -0.810. The SMILES string of the molecule is O=c1[nH]c2c(Cl)c(F)cc(-c3cnc(OC(F)F)c(Cl)n3)c2o1. The molecule has 3 aromatic rings. The summed E-state index contributed by atoms with van der Waals surface area (Å²) in [7, 11) is 0. The highest BCUT2D eigenvalue weighted by molar-refractivity contribution is 6.35. The second-order valence-electron chi connectivity index (χ2n) is 4.17. The Morgan fingerprint density at radius 2 is 2.09 bits per heavy atom. The fourth-order valence-corrected chi connectivity index (χ4v) is 2.26. The van der Waals surface area contributed by atoms with E-state index >= 15 is 0 Å². The lowest BCUT2D eigenvalue weighted by Gasteiger charge is -2.07. The summed E-state index contributed by atoms with van der Waals surface area (Å²) < 4.78 is 47.1. The van der Waals surface area contributed by atoms with Crippen molar-refractivity contribution in [2.75, 3.05) is 0 Å². The summed E-state index contributed by atoms with van der Waals surface area (Å²) in [6, 6.07) is 0.954. The van der Waals surface area contributed by atoms with Gasteiger partial charge in [0.15, 0.2) is 10.7 Å². The number of hydrogen-bond acceptors (Lipinski definition) is 5. The molecule has 0 saturated heterocycles. The number of nitrogens with one attached hydrogen (secondary N) is 1. The van der Waals surface area contributed by atoms with E-state index in [9.17, 15) is 18.0 Å². The van der Waals surface area contributed by atoms with E-state index in [1.165, 1.54) is 0 Å². The minimum atomic E-state index is -3.13. The highest BCUT2D eigenvalue weighted by Gasteiger charge is 2.20. The van der Waals surface area contributed by atoms with Crippen molar-refractivity contribution < 1.29 is 22.3 Å². The van der Waals surface area contributed by atoms with Gasteiger partial charge in [0.05, 0.1) is 11.9 Å². The van der Waals surface area contributed by atoms with Crippen molar-refractivity contribution in [1.82, 2.24) is 15.0 Å². The third kappa shape index (κ3) is 2.84. The van der Waals surface area contributed by atoms with Gasteiger partial charge in [-0.25, -0.2) is 19.2 Å². The van der Waals surface area contributed by atoms with Crippen molar-refractivity contribution >= 4 is 34.3 Å². The maximum atomic E-state index is 13.9. The number of rotatable bonds is 3. The van der Waals surface area contributed by atoms with E-state index in [1.807, 2.05) is 0 Å². The quantitative estimate of drug-likeness (QED) is 0.766. The average Bonchev–Trinajstić information content (AvgIpc) is 2.87. The number of aromatic nitrogens is 3. The third-order valence-corrected chi connectivity index (χ3v) is 3.39. The Kier molecular flexibility index (Phi) is 3.90. The van der Waals surface area contributed by atoms with Gasteiger partial charge in [0.1, 0.15) is 16.4 Å². The number of benzene rings is 1. The first-order chi connectivity index (χ1) is 10.9. The van der Waals surface area contributed by atoms with E-state index < -0.39 is 29.2 Å².